The van der Waals surface area contributed by atoms with Crippen LogP contribution < -0.4 is 5.73 Å². The Kier molecular flexibility index (Phi) is 3.76. The molecule has 1 aromatic rings. The summed E-state index contributed by atoms with van der Waals surface area (Å²) in [7, 11) is 0. The number of nitrogens with zero attached hydrogens (tertiary/aromatic N) is 1. The van der Waals surface area contributed by atoms with Gasteiger partial charge in [0.15, 0.2) is 0 Å². The third-order valence-electron chi connectivity index (χ3n) is 3.25. The van der Waals surface area contributed by atoms with Gasteiger partial charge in [0.1, 0.15) is 6.04 Å². The topological polar surface area (TPSA) is 66.6 Å². The van der Waals surface area contributed by atoms with Crippen LogP contribution in [0.4, 0.5) is 0 Å². The van der Waals surface area contributed by atoms with Crippen LogP contribution in [0.1, 0.15) is 24.4 Å². The van der Waals surface area contributed by atoms with Gasteiger partial charge in [-0.25, -0.2) is 0 Å². The monoisotopic (exact) mass is 234 g/mol. The molecule has 0 radical (unpaired) electrons. The molecule has 0 spiro atoms. The van der Waals surface area contributed by atoms with E-state index in [9.17, 15) is 9.90 Å². The highest BCUT2D eigenvalue weighted by Crippen LogP contribution is 2.24. The lowest BCUT2D eigenvalue weighted by Gasteiger charge is -2.34. The van der Waals surface area contributed by atoms with Crippen molar-refractivity contribution < 1.29 is 9.90 Å². The summed E-state index contributed by atoms with van der Waals surface area (Å²) in [6.07, 6.45) is 1.17. The van der Waals surface area contributed by atoms with Crippen molar-refractivity contribution >= 4 is 5.91 Å². The third kappa shape index (κ3) is 2.84. The molecule has 17 heavy (non-hydrogen) atoms. The summed E-state index contributed by atoms with van der Waals surface area (Å²) in [6.45, 7) is 1.42. The summed E-state index contributed by atoms with van der Waals surface area (Å²) >= 11 is 0. The molecule has 1 atom stereocenters. The molecule has 4 heteroatoms. The van der Waals surface area contributed by atoms with E-state index in [1.807, 2.05) is 35.2 Å². The van der Waals surface area contributed by atoms with Gasteiger partial charge in [-0.2, -0.15) is 0 Å². The zero-order chi connectivity index (χ0) is 12.3. The highest BCUT2D eigenvalue weighted by atomic mass is 16.3. The van der Waals surface area contributed by atoms with E-state index >= 15 is 0 Å². The summed E-state index contributed by atoms with van der Waals surface area (Å²) in [5, 5.41) is 9.48. The van der Waals surface area contributed by atoms with Gasteiger partial charge in [0, 0.05) is 13.1 Å². The van der Waals surface area contributed by atoms with Gasteiger partial charge in [0.05, 0.1) is 6.10 Å². The van der Waals surface area contributed by atoms with Gasteiger partial charge in [0.2, 0.25) is 5.91 Å². The number of primary amides is 1. The van der Waals surface area contributed by atoms with Crippen molar-refractivity contribution in [3.63, 3.8) is 0 Å². The number of carbonyl (C=O) groups excluding carboxylic acids is 1. The van der Waals surface area contributed by atoms with Crippen molar-refractivity contribution in [3.05, 3.63) is 35.9 Å². The SMILES string of the molecule is NC(=O)[C@@H](c1ccccc1)N1CCC(O)CC1. The molecule has 0 aliphatic carbocycles. The molecular weight excluding hydrogens is 216 g/mol. The Balaban J connectivity index is 2.16. The number of aliphatic hydroxyl groups is 1. The number of amides is 1. The standard InChI is InChI=1S/C13H18N2O2/c14-13(17)12(10-4-2-1-3-5-10)15-8-6-11(16)7-9-15/h1-5,11-12,16H,6-9H2,(H2,14,17)/t12-/m1/s1. The zero-order valence-corrected chi connectivity index (χ0v) is 9.75. The van der Waals surface area contributed by atoms with Crippen molar-refractivity contribution in [2.45, 2.75) is 25.0 Å². The van der Waals surface area contributed by atoms with Crippen LogP contribution >= 0.6 is 0 Å². The van der Waals surface area contributed by atoms with Gasteiger partial charge in [-0.3, -0.25) is 9.69 Å². The summed E-state index contributed by atoms with van der Waals surface area (Å²) in [6, 6.07) is 9.19. The Morgan fingerprint density at radius 2 is 1.88 bits per heavy atom. The molecule has 4 nitrogen and oxygen atoms in total. The minimum atomic E-state index is -0.372. The van der Waals surface area contributed by atoms with E-state index in [2.05, 4.69) is 0 Å². The van der Waals surface area contributed by atoms with E-state index in [0.29, 0.717) is 25.9 Å². The number of nitrogens with two attached hydrogens (primary N) is 1. The fourth-order valence-corrected chi connectivity index (χ4v) is 2.33. The lowest BCUT2D eigenvalue weighted by molar-refractivity contribution is -0.124. The Labute approximate surface area is 101 Å². The zero-order valence-electron chi connectivity index (χ0n) is 9.75. The molecule has 2 rings (SSSR count). The minimum Gasteiger partial charge on any atom is -0.393 e. The van der Waals surface area contributed by atoms with Gasteiger partial charge in [-0.05, 0) is 18.4 Å². The predicted octanol–water partition coefficient (Wildman–Crippen LogP) is 0.670. The second kappa shape index (κ2) is 5.29. The second-order valence-electron chi connectivity index (χ2n) is 4.48. The second-order valence-corrected chi connectivity index (χ2v) is 4.48. The Morgan fingerprint density at radius 1 is 1.29 bits per heavy atom. The Bertz CT molecular complexity index is 372. The molecule has 1 aliphatic rings. The molecule has 0 unspecified atom stereocenters. The van der Waals surface area contributed by atoms with E-state index in [4.69, 9.17) is 5.73 Å². The maximum absolute atomic E-state index is 11.6. The lowest BCUT2D eigenvalue weighted by Crippen LogP contribution is -2.43. The first-order chi connectivity index (χ1) is 8.18. The number of carbonyl (C=O) groups is 1. The van der Waals surface area contributed by atoms with Crippen LogP contribution in [-0.4, -0.2) is 35.1 Å². The van der Waals surface area contributed by atoms with Crippen LogP contribution in [-0.2, 0) is 4.79 Å². The molecular formula is C13H18N2O2. The number of piperidine rings is 1. The highest BCUT2D eigenvalue weighted by molar-refractivity contribution is 5.81. The molecule has 1 fully saturated rings. The van der Waals surface area contributed by atoms with Crippen molar-refractivity contribution in [1.29, 1.82) is 0 Å². The van der Waals surface area contributed by atoms with Gasteiger partial charge in [-0.1, -0.05) is 30.3 Å². The fourth-order valence-electron chi connectivity index (χ4n) is 2.33. The number of hydrogen-bond donors (Lipinski definition) is 2. The van der Waals surface area contributed by atoms with Gasteiger partial charge in [-0.15, -0.1) is 0 Å². The first-order valence-corrected chi connectivity index (χ1v) is 5.95. The molecule has 1 aliphatic heterocycles. The molecule has 1 aromatic carbocycles. The van der Waals surface area contributed by atoms with Crippen molar-refractivity contribution in [2.24, 2.45) is 5.73 Å². The van der Waals surface area contributed by atoms with Crippen LogP contribution in [0.5, 0.6) is 0 Å². The summed E-state index contributed by atoms with van der Waals surface area (Å²) in [4.78, 5) is 13.6. The summed E-state index contributed by atoms with van der Waals surface area (Å²) in [5.41, 5.74) is 6.42. The first-order valence-electron chi connectivity index (χ1n) is 5.95. The number of likely N-dealkylation sites (tertiary alicyclic amines) is 1. The van der Waals surface area contributed by atoms with Crippen molar-refractivity contribution in [3.8, 4) is 0 Å². The summed E-state index contributed by atoms with van der Waals surface area (Å²) in [5.74, 6) is -0.326. The molecule has 0 saturated carbocycles. The van der Waals surface area contributed by atoms with E-state index in [1.54, 1.807) is 0 Å². The largest absolute Gasteiger partial charge is 0.393 e. The Morgan fingerprint density at radius 3 is 2.41 bits per heavy atom. The predicted molar refractivity (Wildman–Crippen MR) is 65.2 cm³/mol. The maximum Gasteiger partial charge on any atom is 0.239 e. The van der Waals surface area contributed by atoms with Crippen LogP contribution in [0.3, 0.4) is 0 Å². The van der Waals surface area contributed by atoms with Crippen LogP contribution in [0.15, 0.2) is 30.3 Å². The first kappa shape index (κ1) is 12.1. The van der Waals surface area contributed by atoms with Crippen LogP contribution in [0.25, 0.3) is 0 Å². The molecule has 1 heterocycles. The Hall–Kier alpha value is -1.39. The normalized spacial score (nSPS) is 20.1. The van der Waals surface area contributed by atoms with Gasteiger partial charge < -0.3 is 10.8 Å². The van der Waals surface area contributed by atoms with Crippen LogP contribution in [0.2, 0.25) is 0 Å². The number of benzene rings is 1. The molecule has 3 N–H and O–H groups in total. The highest BCUT2D eigenvalue weighted by Gasteiger charge is 2.28. The quantitative estimate of drug-likeness (QED) is 0.807. The van der Waals surface area contributed by atoms with E-state index < -0.39 is 0 Å². The maximum atomic E-state index is 11.6. The van der Waals surface area contributed by atoms with Gasteiger partial charge >= 0.3 is 0 Å². The van der Waals surface area contributed by atoms with E-state index in [0.717, 1.165) is 5.56 Å². The third-order valence-corrected chi connectivity index (χ3v) is 3.25. The molecule has 1 saturated heterocycles. The smallest absolute Gasteiger partial charge is 0.239 e. The number of aliphatic hydroxyl groups excluding tert-OH is 1. The number of rotatable bonds is 3. The van der Waals surface area contributed by atoms with E-state index in [-0.39, 0.29) is 18.1 Å². The minimum absolute atomic E-state index is 0.240. The average molecular weight is 234 g/mol. The lowest BCUT2D eigenvalue weighted by atomic mass is 10.0. The average Bonchev–Trinajstić information content (AvgIpc) is 2.33. The van der Waals surface area contributed by atoms with E-state index in [1.165, 1.54) is 0 Å². The molecule has 0 aromatic heterocycles. The molecule has 1 amide bonds. The fraction of sp³-hybridized carbons (Fsp3) is 0.462. The molecule has 92 valence electrons. The van der Waals surface area contributed by atoms with Crippen molar-refractivity contribution in [1.82, 2.24) is 4.90 Å². The number of hydrogen-bond acceptors (Lipinski definition) is 3. The molecule has 0 bridgehead atoms. The van der Waals surface area contributed by atoms with Gasteiger partial charge in [0.25, 0.3) is 0 Å². The van der Waals surface area contributed by atoms with Crippen LogP contribution in [0, 0.1) is 0 Å². The van der Waals surface area contributed by atoms with Crippen molar-refractivity contribution in [2.75, 3.05) is 13.1 Å². The summed E-state index contributed by atoms with van der Waals surface area (Å²) < 4.78 is 0.